The van der Waals surface area contributed by atoms with Gasteiger partial charge in [-0.2, -0.15) is 10.1 Å². The van der Waals surface area contributed by atoms with Gasteiger partial charge in [0.25, 0.3) is 0 Å². The standard InChI is InChI=1S/C19H21N5O2/c1-12-5-6-13(2)15(9-12)22-19-23-18(11-20-24-19)21-14-7-8-16(25-3)17(10-14)26-4/h5-11H,1-4H3,(H2,21,22,23,24). The first-order valence-corrected chi connectivity index (χ1v) is 8.12. The number of nitrogens with one attached hydrogen (secondary N) is 2. The highest BCUT2D eigenvalue weighted by Crippen LogP contribution is 2.30. The van der Waals surface area contributed by atoms with Gasteiger partial charge in [-0.1, -0.05) is 12.1 Å². The van der Waals surface area contributed by atoms with Crippen LogP contribution in [0, 0.1) is 13.8 Å². The number of ether oxygens (including phenoxy) is 2. The van der Waals surface area contributed by atoms with E-state index in [1.165, 1.54) is 0 Å². The topological polar surface area (TPSA) is 81.2 Å². The molecule has 2 aromatic carbocycles. The fraction of sp³-hybridized carbons (Fsp3) is 0.211. The Labute approximate surface area is 152 Å². The minimum Gasteiger partial charge on any atom is -0.493 e. The maximum Gasteiger partial charge on any atom is 0.249 e. The molecule has 0 saturated heterocycles. The van der Waals surface area contributed by atoms with Gasteiger partial charge in [0.2, 0.25) is 5.95 Å². The van der Waals surface area contributed by atoms with Gasteiger partial charge in [-0.15, -0.1) is 5.10 Å². The number of hydrogen-bond acceptors (Lipinski definition) is 7. The summed E-state index contributed by atoms with van der Waals surface area (Å²) in [5, 5.41) is 14.5. The lowest BCUT2D eigenvalue weighted by Crippen LogP contribution is -2.03. The van der Waals surface area contributed by atoms with Gasteiger partial charge in [0.05, 0.1) is 20.4 Å². The number of methoxy groups -OCH3 is 2. The van der Waals surface area contributed by atoms with Crippen LogP contribution in [-0.4, -0.2) is 29.4 Å². The largest absolute Gasteiger partial charge is 0.493 e. The number of hydrogen-bond donors (Lipinski definition) is 2. The van der Waals surface area contributed by atoms with Crippen LogP contribution in [0.15, 0.2) is 42.6 Å². The first-order valence-electron chi connectivity index (χ1n) is 8.12. The molecular formula is C19H21N5O2. The quantitative estimate of drug-likeness (QED) is 0.695. The number of rotatable bonds is 6. The maximum absolute atomic E-state index is 5.32. The molecule has 0 saturated carbocycles. The van der Waals surface area contributed by atoms with E-state index in [-0.39, 0.29) is 0 Å². The Morgan fingerprint density at radius 1 is 0.885 bits per heavy atom. The summed E-state index contributed by atoms with van der Waals surface area (Å²) in [5.41, 5.74) is 4.03. The second-order valence-electron chi connectivity index (χ2n) is 5.80. The van der Waals surface area contributed by atoms with Crippen LogP contribution in [0.25, 0.3) is 0 Å². The van der Waals surface area contributed by atoms with Gasteiger partial charge in [0.15, 0.2) is 17.3 Å². The Kier molecular flexibility index (Phi) is 5.17. The van der Waals surface area contributed by atoms with Crippen LogP contribution < -0.4 is 20.1 Å². The zero-order valence-corrected chi connectivity index (χ0v) is 15.2. The van der Waals surface area contributed by atoms with Crippen molar-refractivity contribution < 1.29 is 9.47 Å². The smallest absolute Gasteiger partial charge is 0.249 e. The Balaban J connectivity index is 1.80. The van der Waals surface area contributed by atoms with Gasteiger partial charge in [-0.3, -0.25) is 0 Å². The molecule has 0 aliphatic heterocycles. The van der Waals surface area contributed by atoms with Gasteiger partial charge >= 0.3 is 0 Å². The Hall–Kier alpha value is -3.35. The normalized spacial score (nSPS) is 10.3. The Bertz CT molecular complexity index is 914. The second kappa shape index (κ2) is 7.69. The van der Waals surface area contributed by atoms with Crippen molar-refractivity contribution in [1.29, 1.82) is 0 Å². The molecule has 2 N–H and O–H groups in total. The van der Waals surface area contributed by atoms with Crippen molar-refractivity contribution >= 4 is 23.1 Å². The average molecular weight is 351 g/mol. The number of aryl methyl sites for hydroxylation is 2. The molecule has 1 aromatic heterocycles. The van der Waals surface area contributed by atoms with Crippen LogP contribution >= 0.6 is 0 Å². The predicted molar refractivity (Wildman–Crippen MR) is 102 cm³/mol. The lowest BCUT2D eigenvalue weighted by atomic mass is 10.1. The predicted octanol–water partition coefficient (Wildman–Crippen LogP) is 3.99. The molecule has 3 aromatic rings. The minimum atomic E-state index is 0.421. The van der Waals surface area contributed by atoms with E-state index < -0.39 is 0 Å². The third kappa shape index (κ3) is 4.00. The van der Waals surface area contributed by atoms with Crippen molar-refractivity contribution in [2.24, 2.45) is 0 Å². The van der Waals surface area contributed by atoms with E-state index in [1.54, 1.807) is 20.4 Å². The van der Waals surface area contributed by atoms with E-state index in [0.717, 1.165) is 22.5 Å². The Morgan fingerprint density at radius 3 is 2.46 bits per heavy atom. The van der Waals surface area contributed by atoms with Crippen molar-refractivity contribution in [2.75, 3.05) is 24.9 Å². The second-order valence-corrected chi connectivity index (χ2v) is 5.80. The average Bonchev–Trinajstić information content (AvgIpc) is 2.65. The van der Waals surface area contributed by atoms with E-state index in [4.69, 9.17) is 9.47 Å². The lowest BCUT2D eigenvalue weighted by Gasteiger charge is -2.12. The first kappa shape index (κ1) is 17.5. The zero-order chi connectivity index (χ0) is 18.5. The van der Waals surface area contributed by atoms with Crippen molar-refractivity contribution in [3.63, 3.8) is 0 Å². The summed E-state index contributed by atoms with van der Waals surface area (Å²) in [4.78, 5) is 4.46. The molecule has 3 rings (SSSR count). The summed E-state index contributed by atoms with van der Waals surface area (Å²) in [6.45, 7) is 4.07. The molecular weight excluding hydrogens is 330 g/mol. The van der Waals surface area contributed by atoms with Crippen molar-refractivity contribution in [1.82, 2.24) is 15.2 Å². The van der Waals surface area contributed by atoms with Crippen molar-refractivity contribution in [3.8, 4) is 11.5 Å². The van der Waals surface area contributed by atoms with Crippen LogP contribution in [-0.2, 0) is 0 Å². The summed E-state index contributed by atoms with van der Waals surface area (Å²) in [5.74, 6) is 2.29. The summed E-state index contributed by atoms with van der Waals surface area (Å²) < 4.78 is 10.6. The molecule has 1 heterocycles. The Morgan fingerprint density at radius 2 is 1.69 bits per heavy atom. The van der Waals surface area contributed by atoms with E-state index in [9.17, 15) is 0 Å². The van der Waals surface area contributed by atoms with Crippen LogP contribution in [0.3, 0.4) is 0 Å². The molecule has 0 aliphatic rings. The molecule has 0 radical (unpaired) electrons. The van der Waals surface area contributed by atoms with Crippen LogP contribution in [0.1, 0.15) is 11.1 Å². The molecule has 134 valence electrons. The van der Waals surface area contributed by atoms with Gasteiger partial charge in [0, 0.05) is 17.4 Å². The summed E-state index contributed by atoms with van der Waals surface area (Å²) in [7, 11) is 3.20. The molecule has 7 heteroatoms. The molecule has 0 aliphatic carbocycles. The number of anilines is 4. The highest BCUT2D eigenvalue weighted by atomic mass is 16.5. The van der Waals surface area contributed by atoms with Gasteiger partial charge in [-0.05, 0) is 43.2 Å². The monoisotopic (exact) mass is 351 g/mol. The molecule has 0 unspecified atom stereocenters. The minimum absolute atomic E-state index is 0.421. The van der Waals surface area contributed by atoms with E-state index in [0.29, 0.717) is 23.3 Å². The third-order valence-electron chi connectivity index (χ3n) is 3.85. The van der Waals surface area contributed by atoms with Gasteiger partial charge in [0.1, 0.15) is 0 Å². The molecule has 0 atom stereocenters. The van der Waals surface area contributed by atoms with Crippen molar-refractivity contribution in [3.05, 3.63) is 53.7 Å². The molecule has 0 amide bonds. The van der Waals surface area contributed by atoms with Gasteiger partial charge in [-0.25, -0.2) is 0 Å². The van der Waals surface area contributed by atoms with E-state index in [2.05, 4.69) is 37.9 Å². The van der Waals surface area contributed by atoms with E-state index in [1.807, 2.05) is 38.1 Å². The molecule has 7 nitrogen and oxygen atoms in total. The van der Waals surface area contributed by atoms with Crippen molar-refractivity contribution in [2.45, 2.75) is 13.8 Å². The van der Waals surface area contributed by atoms with Crippen LogP contribution in [0.4, 0.5) is 23.1 Å². The lowest BCUT2D eigenvalue weighted by molar-refractivity contribution is 0.355. The third-order valence-corrected chi connectivity index (χ3v) is 3.85. The van der Waals surface area contributed by atoms with Crippen LogP contribution in [0.2, 0.25) is 0 Å². The number of benzene rings is 2. The van der Waals surface area contributed by atoms with Gasteiger partial charge < -0.3 is 20.1 Å². The highest BCUT2D eigenvalue weighted by Gasteiger charge is 2.07. The molecule has 0 fully saturated rings. The summed E-state index contributed by atoms with van der Waals surface area (Å²) >= 11 is 0. The first-order chi connectivity index (χ1) is 12.6. The highest BCUT2D eigenvalue weighted by molar-refractivity contribution is 5.63. The van der Waals surface area contributed by atoms with Crippen LogP contribution in [0.5, 0.6) is 11.5 Å². The maximum atomic E-state index is 5.32. The summed E-state index contributed by atoms with van der Waals surface area (Å²) in [6, 6.07) is 11.7. The number of aromatic nitrogens is 3. The molecule has 0 bridgehead atoms. The molecule has 0 spiro atoms. The van der Waals surface area contributed by atoms with E-state index >= 15 is 0 Å². The summed E-state index contributed by atoms with van der Waals surface area (Å²) in [6.07, 6.45) is 1.56. The molecule has 26 heavy (non-hydrogen) atoms. The SMILES string of the molecule is COc1ccc(Nc2cnnc(Nc3cc(C)ccc3C)n2)cc1OC. The fourth-order valence-electron chi connectivity index (χ4n) is 2.47. The zero-order valence-electron chi connectivity index (χ0n) is 15.2. The number of nitrogens with zero attached hydrogens (tertiary/aromatic N) is 3. The fourth-order valence-corrected chi connectivity index (χ4v) is 2.47.